The molecule has 3 aromatic rings. The Morgan fingerprint density at radius 3 is 2.40 bits per heavy atom. The minimum absolute atomic E-state index is 0.0258. The highest BCUT2D eigenvalue weighted by Gasteiger charge is 2.37. The molecule has 1 fully saturated rings. The van der Waals surface area contributed by atoms with E-state index in [4.69, 9.17) is 17.3 Å². The van der Waals surface area contributed by atoms with Crippen molar-refractivity contribution in [3.8, 4) is 0 Å². The van der Waals surface area contributed by atoms with Crippen molar-refractivity contribution in [1.82, 2.24) is 14.9 Å². The van der Waals surface area contributed by atoms with Crippen LogP contribution in [0.25, 0.3) is 10.9 Å². The molecule has 1 saturated heterocycles. The van der Waals surface area contributed by atoms with Crippen LogP contribution >= 0.6 is 11.6 Å². The van der Waals surface area contributed by atoms with E-state index in [1.54, 1.807) is 6.33 Å². The van der Waals surface area contributed by atoms with Crippen molar-refractivity contribution in [2.45, 2.75) is 25.3 Å². The molecule has 1 amide bonds. The molecule has 1 aromatic heterocycles. The van der Waals surface area contributed by atoms with Gasteiger partial charge in [-0.3, -0.25) is 4.79 Å². The van der Waals surface area contributed by atoms with Gasteiger partial charge in [0, 0.05) is 42.0 Å². The molecule has 1 atom stereocenters. The van der Waals surface area contributed by atoms with Crippen LogP contribution in [0.2, 0.25) is 5.02 Å². The fourth-order valence-electron chi connectivity index (χ4n) is 3.95. The Morgan fingerprint density at radius 2 is 1.70 bits per heavy atom. The molecule has 4 rings (SSSR count). The molecule has 7 heteroatoms. The highest BCUT2D eigenvalue weighted by Crippen LogP contribution is 2.29. The zero-order chi connectivity index (χ0) is 21.3. The maximum Gasteiger partial charge on any atom is 0.240 e. The number of nitrogens with zero attached hydrogens (tertiary/aromatic N) is 4. The predicted molar refractivity (Wildman–Crippen MR) is 121 cm³/mol. The van der Waals surface area contributed by atoms with Gasteiger partial charge in [-0.2, -0.15) is 0 Å². The third-order valence-electron chi connectivity index (χ3n) is 6.04. The van der Waals surface area contributed by atoms with Gasteiger partial charge in [0.15, 0.2) is 0 Å². The fourth-order valence-corrected chi connectivity index (χ4v) is 4.07. The van der Waals surface area contributed by atoms with Crippen LogP contribution in [0.3, 0.4) is 0 Å². The largest absolute Gasteiger partial charge is 0.352 e. The standard InChI is InChI=1S/C23H26ClN5O/c1-23(2,16-7-9-17(24)10-8-16)20(25)22(30)29-13-11-28(12-14-29)21-18-5-3-4-6-19(18)26-15-27-21/h3-10,15,20H,11-14,25H2,1-2H3/t20-/m0/s1. The van der Waals surface area contributed by atoms with Crippen LogP contribution in [0.15, 0.2) is 54.9 Å². The van der Waals surface area contributed by atoms with Crippen LogP contribution in [0.5, 0.6) is 0 Å². The van der Waals surface area contributed by atoms with Crippen LogP contribution in [-0.2, 0) is 10.2 Å². The first-order chi connectivity index (χ1) is 14.4. The Morgan fingerprint density at radius 1 is 1.03 bits per heavy atom. The van der Waals surface area contributed by atoms with Gasteiger partial charge >= 0.3 is 0 Å². The number of piperazine rings is 1. The molecule has 0 saturated carbocycles. The quantitative estimate of drug-likeness (QED) is 0.697. The van der Waals surface area contributed by atoms with E-state index in [0.717, 1.165) is 22.3 Å². The highest BCUT2D eigenvalue weighted by molar-refractivity contribution is 6.30. The molecule has 0 aliphatic carbocycles. The van der Waals surface area contributed by atoms with E-state index < -0.39 is 11.5 Å². The number of rotatable bonds is 4. The number of hydrogen-bond acceptors (Lipinski definition) is 5. The SMILES string of the molecule is CC(C)(c1ccc(Cl)cc1)[C@@H](N)C(=O)N1CCN(c2ncnc3ccccc23)CC1. The number of para-hydroxylation sites is 1. The van der Waals surface area contributed by atoms with Crippen molar-refractivity contribution in [2.24, 2.45) is 5.73 Å². The Hall–Kier alpha value is -2.70. The summed E-state index contributed by atoms with van der Waals surface area (Å²) in [6, 6.07) is 14.9. The highest BCUT2D eigenvalue weighted by atomic mass is 35.5. The lowest BCUT2D eigenvalue weighted by Gasteiger charge is -2.39. The lowest BCUT2D eigenvalue weighted by atomic mass is 9.77. The number of benzene rings is 2. The number of aromatic nitrogens is 2. The van der Waals surface area contributed by atoms with Crippen molar-refractivity contribution in [3.05, 3.63) is 65.4 Å². The maximum absolute atomic E-state index is 13.2. The molecule has 1 aliphatic rings. The van der Waals surface area contributed by atoms with Crippen molar-refractivity contribution in [1.29, 1.82) is 0 Å². The van der Waals surface area contributed by atoms with Gasteiger partial charge < -0.3 is 15.5 Å². The number of halogens is 1. The first-order valence-electron chi connectivity index (χ1n) is 10.1. The molecule has 1 aliphatic heterocycles. The molecular formula is C23H26ClN5O. The number of carbonyl (C=O) groups is 1. The Bertz CT molecular complexity index is 1040. The van der Waals surface area contributed by atoms with Gasteiger partial charge in [0.05, 0.1) is 11.6 Å². The summed E-state index contributed by atoms with van der Waals surface area (Å²) in [5.74, 6) is 0.889. The van der Waals surface area contributed by atoms with E-state index in [2.05, 4.69) is 14.9 Å². The smallest absolute Gasteiger partial charge is 0.240 e. The summed E-state index contributed by atoms with van der Waals surface area (Å²) in [5, 5.41) is 1.70. The Balaban J connectivity index is 1.45. The van der Waals surface area contributed by atoms with Crippen LogP contribution in [0.1, 0.15) is 19.4 Å². The summed E-state index contributed by atoms with van der Waals surface area (Å²) in [6.07, 6.45) is 1.60. The molecule has 6 nitrogen and oxygen atoms in total. The summed E-state index contributed by atoms with van der Waals surface area (Å²) >= 11 is 6.01. The van der Waals surface area contributed by atoms with Crippen LogP contribution in [-0.4, -0.2) is 53.0 Å². The van der Waals surface area contributed by atoms with Crippen LogP contribution in [0, 0.1) is 0 Å². The second-order valence-corrected chi connectivity index (χ2v) is 8.67. The lowest BCUT2D eigenvalue weighted by Crippen LogP contribution is -2.58. The zero-order valence-electron chi connectivity index (χ0n) is 17.3. The third kappa shape index (κ3) is 3.85. The van der Waals surface area contributed by atoms with E-state index >= 15 is 0 Å². The van der Waals surface area contributed by atoms with Gasteiger partial charge in [-0.1, -0.05) is 49.7 Å². The topological polar surface area (TPSA) is 75.4 Å². The summed E-state index contributed by atoms with van der Waals surface area (Å²) in [4.78, 5) is 26.1. The van der Waals surface area contributed by atoms with Crippen molar-refractivity contribution >= 4 is 34.2 Å². The molecule has 2 heterocycles. The van der Waals surface area contributed by atoms with Gasteiger partial charge in [-0.05, 0) is 29.8 Å². The number of carbonyl (C=O) groups excluding carboxylic acids is 1. The number of hydrogen-bond donors (Lipinski definition) is 1. The molecular weight excluding hydrogens is 398 g/mol. The van der Waals surface area contributed by atoms with E-state index in [1.807, 2.05) is 67.3 Å². The fraction of sp³-hybridized carbons (Fsp3) is 0.348. The van der Waals surface area contributed by atoms with Crippen molar-refractivity contribution in [3.63, 3.8) is 0 Å². The van der Waals surface area contributed by atoms with Gasteiger partial charge in [-0.15, -0.1) is 0 Å². The van der Waals surface area contributed by atoms with Crippen LogP contribution in [0.4, 0.5) is 5.82 Å². The lowest BCUT2D eigenvalue weighted by molar-refractivity contribution is -0.134. The molecule has 2 N–H and O–H groups in total. The third-order valence-corrected chi connectivity index (χ3v) is 6.30. The normalized spacial score (nSPS) is 16.0. The molecule has 156 valence electrons. The monoisotopic (exact) mass is 423 g/mol. The summed E-state index contributed by atoms with van der Waals surface area (Å²) in [5.41, 5.74) is 7.88. The van der Waals surface area contributed by atoms with E-state index in [0.29, 0.717) is 31.2 Å². The van der Waals surface area contributed by atoms with Crippen LogP contribution < -0.4 is 10.6 Å². The van der Waals surface area contributed by atoms with E-state index in [1.165, 1.54) is 0 Å². The molecule has 0 unspecified atom stereocenters. The zero-order valence-corrected chi connectivity index (χ0v) is 18.0. The first kappa shape index (κ1) is 20.6. The predicted octanol–water partition coefficient (Wildman–Crippen LogP) is 3.24. The van der Waals surface area contributed by atoms with E-state index in [9.17, 15) is 4.79 Å². The number of nitrogens with two attached hydrogens (primary N) is 1. The second kappa shape index (κ2) is 8.20. The first-order valence-corrected chi connectivity index (χ1v) is 10.5. The van der Waals surface area contributed by atoms with Crippen molar-refractivity contribution in [2.75, 3.05) is 31.1 Å². The summed E-state index contributed by atoms with van der Waals surface area (Å²) in [6.45, 7) is 6.65. The van der Waals surface area contributed by atoms with Gasteiger partial charge in [0.2, 0.25) is 5.91 Å². The van der Waals surface area contributed by atoms with Gasteiger partial charge in [0.1, 0.15) is 12.1 Å². The molecule has 0 radical (unpaired) electrons. The second-order valence-electron chi connectivity index (χ2n) is 8.23. The van der Waals surface area contributed by atoms with Gasteiger partial charge in [-0.25, -0.2) is 9.97 Å². The number of fused-ring (bicyclic) bond motifs is 1. The molecule has 0 spiro atoms. The summed E-state index contributed by atoms with van der Waals surface area (Å²) in [7, 11) is 0. The Kier molecular flexibility index (Phi) is 5.62. The van der Waals surface area contributed by atoms with E-state index in [-0.39, 0.29) is 5.91 Å². The van der Waals surface area contributed by atoms with Crippen molar-refractivity contribution < 1.29 is 4.79 Å². The Labute approximate surface area is 181 Å². The number of amides is 1. The average Bonchev–Trinajstić information content (AvgIpc) is 2.78. The average molecular weight is 424 g/mol. The minimum Gasteiger partial charge on any atom is -0.352 e. The molecule has 30 heavy (non-hydrogen) atoms. The van der Waals surface area contributed by atoms with Gasteiger partial charge in [0.25, 0.3) is 0 Å². The maximum atomic E-state index is 13.2. The number of anilines is 1. The summed E-state index contributed by atoms with van der Waals surface area (Å²) < 4.78 is 0. The minimum atomic E-state index is -0.634. The molecule has 2 aromatic carbocycles. The molecule has 0 bridgehead atoms.